The zero-order chi connectivity index (χ0) is 19.5. The Kier molecular flexibility index (Phi) is 5.67. The second-order valence-corrected chi connectivity index (χ2v) is 8.43. The Morgan fingerprint density at radius 2 is 1.61 bits per heavy atom. The van der Waals surface area contributed by atoms with Gasteiger partial charge in [-0.3, -0.25) is 0 Å². The fourth-order valence-electron chi connectivity index (χ4n) is 3.68. The number of hydrogen-bond donors (Lipinski definition) is 2. The van der Waals surface area contributed by atoms with Crippen LogP contribution in [0.3, 0.4) is 0 Å². The molecule has 4 aromatic carbocycles. The Balaban J connectivity index is 1.90. The van der Waals surface area contributed by atoms with Gasteiger partial charge in [0.1, 0.15) is 6.26 Å². The number of benzene rings is 4. The van der Waals surface area contributed by atoms with Gasteiger partial charge >= 0.3 is 0 Å². The molecule has 4 aromatic rings. The molecule has 0 heterocycles. The van der Waals surface area contributed by atoms with Crippen molar-refractivity contribution >= 4 is 56.2 Å². The van der Waals surface area contributed by atoms with Crippen molar-refractivity contribution in [1.82, 2.24) is 0 Å². The summed E-state index contributed by atoms with van der Waals surface area (Å²) in [5.41, 5.74) is 4.43. The molecule has 0 saturated carbocycles. The van der Waals surface area contributed by atoms with Gasteiger partial charge < -0.3 is 9.27 Å². The third-order valence-electron chi connectivity index (χ3n) is 4.83. The minimum Gasteiger partial charge on any atom is -0.593 e. The van der Waals surface area contributed by atoms with Crippen molar-refractivity contribution in [2.24, 2.45) is 0 Å². The largest absolute Gasteiger partial charge is 0.593 e. The lowest BCUT2D eigenvalue weighted by Crippen LogP contribution is -2.12. The second kappa shape index (κ2) is 8.35. The summed E-state index contributed by atoms with van der Waals surface area (Å²) in [6.45, 7) is 0. The van der Waals surface area contributed by atoms with E-state index in [-0.39, 0.29) is 0 Å². The molecule has 0 aliphatic carbocycles. The average Bonchev–Trinajstić information content (AvgIpc) is 2.69. The smallest absolute Gasteiger partial charge is 0.121 e. The minimum atomic E-state index is -1.13. The molecule has 0 aliphatic rings. The summed E-state index contributed by atoms with van der Waals surface area (Å²) in [4.78, 5) is 0. The summed E-state index contributed by atoms with van der Waals surface area (Å²) >= 11 is 0.462. The van der Waals surface area contributed by atoms with Gasteiger partial charge in [0.25, 0.3) is 0 Å². The Labute approximate surface area is 173 Å². The molecule has 0 fully saturated rings. The molecule has 0 bridgehead atoms. The third kappa shape index (κ3) is 3.92. The van der Waals surface area contributed by atoms with Crippen molar-refractivity contribution in [1.29, 1.82) is 0 Å². The van der Waals surface area contributed by atoms with Crippen LogP contribution in [0, 0.1) is 0 Å². The van der Waals surface area contributed by atoms with Gasteiger partial charge in [0.15, 0.2) is 0 Å². The van der Waals surface area contributed by atoms with Gasteiger partial charge in [-0.15, -0.1) is 0 Å². The number of hydrogen-bond acceptors (Lipinski definition) is 4. The van der Waals surface area contributed by atoms with Crippen LogP contribution in [0.1, 0.15) is 11.1 Å². The molecule has 1 unspecified atom stereocenters. The minimum absolute atomic E-state index is 0.755. The predicted octanol–water partition coefficient (Wildman–Crippen LogP) is 5.98. The Hall–Kier alpha value is -2.34. The van der Waals surface area contributed by atoms with Gasteiger partial charge in [0, 0.05) is 18.4 Å². The first-order valence-electron chi connectivity index (χ1n) is 9.07. The van der Waals surface area contributed by atoms with Crippen LogP contribution in [0.15, 0.2) is 72.8 Å². The molecular formula is C23H22N2OS2. The summed E-state index contributed by atoms with van der Waals surface area (Å²) in [7, 11) is 0. The molecular weight excluding hydrogens is 384 g/mol. The molecule has 5 heteroatoms. The predicted molar refractivity (Wildman–Crippen MR) is 126 cm³/mol. The maximum Gasteiger partial charge on any atom is 0.121 e. The van der Waals surface area contributed by atoms with E-state index in [9.17, 15) is 4.55 Å². The van der Waals surface area contributed by atoms with Gasteiger partial charge in [-0.2, -0.15) is 0 Å². The summed E-state index contributed by atoms with van der Waals surface area (Å²) < 4.78 is 18.4. The fraction of sp³-hybridized carbons (Fsp3) is 0.130. The van der Waals surface area contributed by atoms with Crippen LogP contribution in [0.2, 0.25) is 0 Å². The summed E-state index contributed by atoms with van der Waals surface area (Å²) in [5, 5.41) is 4.83. The molecule has 142 valence electrons. The van der Waals surface area contributed by atoms with Crippen molar-refractivity contribution in [3.8, 4) is 0 Å². The molecule has 0 aliphatic heterocycles. The molecule has 0 saturated heterocycles. The highest BCUT2D eigenvalue weighted by atomic mass is 32.2. The Bertz CT molecular complexity index is 1130. The monoisotopic (exact) mass is 406 g/mol. The molecule has 2 N–H and O–H groups in total. The van der Waals surface area contributed by atoms with Gasteiger partial charge in [0.05, 0.1) is 17.0 Å². The molecule has 0 radical (unpaired) electrons. The SMILES string of the molecule is CSNc1cc(Cc2c(N[S+](C)[O-])ccc3ccccc23)c2ccccc2c1. The zero-order valence-electron chi connectivity index (χ0n) is 15.9. The number of anilines is 2. The van der Waals surface area contributed by atoms with Crippen LogP contribution >= 0.6 is 11.9 Å². The molecule has 3 nitrogen and oxygen atoms in total. The van der Waals surface area contributed by atoms with Crippen molar-refractivity contribution < 1.29 is 4.55 Å². The Morgan fingerprint density at radius 3 is 2.36 bits per heavy atom. The van der Waals surface area contributed by atoms with E-state index in [0.29, 0.717) is 0 Å². The molecule has 4 rings (SSSR count). The van der Waals surface area contributed by atoms with E-state index in [1.54, 1.807) is 18.2 Å². The van der Waals surface area contributed by atoms with Gasteiger partial charge in [-0.05, 0) is 50.9 Å². The van der Waals surface area contributed by atoms with Gasteiger partial charge in [0.2, 0.25) is 0 Å². The van der Waals surface area contributed by atoms with Crippen molar-refractivity contribution in [3.05, 3.63) is 83.9 Å². The van der Waals surface area contributed by atoms with Crippen LogP contribution in [-0.4, -0.2) is 17.1 Å². The van der Waals surface area contributed by atoms with Crippen LogP contribution in [0.5, 0.6) is 0 Å². The maximum atomic E-state index is 11.9. The third-order valence-corrected chi connectivity index (χ3v) is 5.78. The van der Waals surface area contributed by atoms with E-state index in [1.165, 1.54) is 32.7 Å². The van der Waals surface area contributed by atoms with Crippen LogP contribution in [0.25, 0.3) is 21.5 Å². The van der Waals surface area contributed by atoms with E-state index < -0.39 is 11.4 Å². The normalized spacial score (nSPS) is 12.2. The second-order valence-electron chi connectivity index (χ2n) is 6.71. The first kappa shape index (κ1) is 19.0. The Morgan fingerprint density at radius 1 is 0.893 bits per heavy atom. The molecule has 0 aromatic heterocycles. The summed E-state index contributed by atoms with van der Waals surface area (Å²) in [6, 6.07) is 25.3. The zero-order valence-corrected chi connectivity index (χ0v) is 17.5. The number of rotatable bonds is 6. The highest BCUT2D eigenvalue weighted by molar-refractivity contribution is 7.99. The number of fused-ring (bicyclic) bond motifs is 2. The van der Waals surface area contributed by atoms with Gasteiger partial charge in [-0.1, -0.05) is 66.5 Å². The first-order valence-corrected chi connectivity index (χ1v) is 11.9. The number of nitrogens with one attached hydrogen (secondary N) is 2. The lowest BCUT2D eigenvalue weighted by atomic mass is 9.93. The lowest BCUT2D eigenvalue weighted by Gasteiger charge is -2.17. The van der Waals surface area contributed by atoms with Crippen LogP contribution < -0.4 is 9.44 Å². The highest BCUT2D eigenvalue weighted by Gasteiger charge is 2.14. The lowest BCUT2D eigenvalue weighted by molar-refractivity contribution is 0.605. The average molecular weight is 407 g/mol. The van der Waals surface area contributed by atoms with E-state index in [0.717, 1.165) is 17.8 Å². The van der Waals surface area contributed by atoms with Crippen molar-refractivity contribution in [2.75, 3.05) is 22.0 Å². The molecule has 1 atom stereocenters. The molecule has 0 spiro atoms. The van der Waals surface area contributed by atoms with E-state index in [4.69, 9.17) is 0 Å². The highest BCUT2D eigenvalue weighted by Crippen LogP contribution is 2.33. The molecule has 0 amide bonds. The summed E-state index contributed by atoms with van der Waals surface area (Å²) in [6.07, 6.45) is 4.45. The van der Waals surface area contributed by atoms with E-state index >= 15 is 0 Å². The quantitative estimate of drug-likeness (QED) is 0.305. The van der Waals surface area contributed by atoms with Crippen LogP contribution in [0.4, 0.5) is 11.4 Å². The summed E-state index contributed by atoms with van der Waals surface area (Å²) in [5.74, 6) is 0. The fourth-order valence-corrected chi connectivity index (χ4v) is 4.53. The van der Waals surface area contributed by atoms with Crippen LogP contribution in [-0.2, 0) is 17.8 Å². The van der Waals surface area contributed by atoms with Gasteiger partial charge in [-0.25, -0.2) is 4.72 Å². The van der Waals surface area contributed by atoms with E-state index in [2.05, 4.69) is 76.2 Å². The van der Waals surface area contributed by atoms with Crippen molar-refractivity contribution in [3.63, 3.8) is 0 Å². The topological polar surface area (TPSA) is 47.1 Å². The maximum absolute atomic E-state index is 11.9. The first-order chi connectivity index (χ1) is 13.7. The molecule has 28 heavy (non-hydrogen) atoms. The van der Waals surface area contributed by atoms with E-state index in [1.807, 2.05) is 12.3 Å². The van der Waals surface area contributed by atoms with Crippen molar-refractivity contribution in [2.45, 2.75) is 6.42 Å². The standard InChI is InChI=1S/C23H22N2OS2/c1-27-24-19-13-17-8-4-5-9-20(17)18(14-19)15-22-21-10-6-3-7-16(21)11-12-23(22)25-28(2)26/h3-14,24-25H,15H2,1-2H3.